The summed E-state index contributed by atoms with van der Waals surface area (Å²) in [7, 11) is 0. The van der Waals surface area contributed by atoms with Gasteiger partial charge in [0, 0.05) is 17.8 Å². The van der Waals surface area contributed by atoms with E-state index >= 15 is 0 Å². The Labute approximate surface area is 113 Å². The number of anilines is 1. The Morgan fingerprint density at radius 3 is 2.79 bits per heavy atom. The van der Waals surface area contributed by atoms with Crippen molar-refractivity contribution in [1.82, 2.24) is 0 Å². The van der Waals surface area contributed by atoms with Gasteiger partial charge >= 0.3 is 0 Å². The summed E-state index contributed by atoms with van der Waals surface area (Å²) >= 11 is 0. The van der Waals surface area contributed by atoms with Crippen LogP contribution in [0, 0.1) is 11.3 Å². The van der Waals surface area contributed by atoms with Crippen molar-refractivity contribution in [2.45, 2.75) is 26.3 Å². The van der Waals surface area contributed by atoms with Crippen molar-refractivity contribution in [3.63, 3.8) is 0 Å². The van der Waals surface area contributed by atoms with E-state index in [4.69, 9.17) is 10.00 Å². The highest BCUT2D eigenvalue weighted by molar-refractivity contribution is 6.00. The van der Waals surface area contributed by atoms with Crippen molar-refractivity contribution >= 4 is 11.5 Å². The minimum absolute atomic E-state index is 0.0155. The molecule has 0 atom stereocenters. The maximum absolute atomic E-state index is 11.8. The van der Waals surface area contributed by atoms with Crippen LogP contribution in [-0.4, -0.2) is 31.1 Å². The van der Waals surface area contributed by atoms with E-state index in [2.05, 4.69) is 24.8 Å². The van der Waals surface area contributed by atoms with Crippen LogP contribution in [0.2, 0.25) is 0 Å². The molecular weight excluding hydrogens is 240 g/mol. The minimum Gasteiger partial charge on any atom is -0.377 e. The van der Waals surface area contributed by atoms with E-state index in [0.717, 1.165) is 12.2 Å². The first-order valence-corrected chi connectivity index (χ1v) is 6.36. The zero-order valence-corrected chi connectivity index (χ0v) is 11.6. The number of carbonyl (C=O) groups is 1. The molecule has 0 aliphatic carbocycles. The average molecular weight is 258 g/mol. The summed E-state index contributed by atoms with van der Waals surface area (Å²) in [5.41, 5.74) is 1.88. The molecule has 1 aliphatic heterocycles. The van der Waals surface area contributed by atoms with E-state index < -0.39 is 0 Å². The minimum atomic E-state index is -0.184. The van der Waals surface area contributed by atoms with Crippen molar-refractivity contribution in [2.24, 2.45) is 0 Å². The molecule has 1 aromatic carbocycles. The fraction of sp³-hybridized carbons (Fsp3) is 0.467. The molecule has 1 heterocycles. The predicted octanol–water partition coefficient (Wildman–Crippen LogP) is 2.38. The first kappa shape index (κ1) is 13.6. The Morgan fingerprint density at radius 2 is 2.21 bits per heavy atom. The molecule has 19 heavy (non-hydrogen) atoms. The molecular formula is C15H18N2O2. The molecule has 0 amide bonds. The van der Waals surface area contributed by atoms with Crippen LogP contribution in [0.4, 0.5) is 5.69 Å². The Balaban J connectivity index is 2.52. The molecule has 0 unspecified atom stereocenters. The highest BCUT2D eigenvalue weighted by Crippen LogP contribution is 2.31. The molecule has 4 heteroatoms. The van der Waals surface area contributed by atoms with Crippen LogP contribution in [-0.2, 0) is 4.74 Å². The highest BCUT2D eigenvalue weighted by atomic mass is 16.5. The quantitative estimate of drug-likeness (QED) is 0.764. The Kier molecular flexibility index (Phi) is 3.59. The molecule has 2 rings (SSSR count). The number of nitrogens with zero attached hydrogens (tertiary/aromatic N) is 2. The number of ketones is 1. The van der Waals surface area contributed by atoms with Gasteiger partial charge in [0.2, 0.25) is 0 Å². The van der Waals surface area contributed by atoms with Gasteiger partial charge in [0.1, 0.15) is 0 Å². The van der Waals surface area contributed by atoms with Crippen LogP contribution < -0.4 is 4.90 Å². The SMILES string of the molecule is CC(=O)c1ccc(C#N)cc1N1CCOCC1(C)C. The lowest BCUT2D eigenvalue weighted by atomic mass is 9.97. The van der Waals surface area contributed by atoms with Gasteiger partial charge in [-0.25, -0.2) is 0 Å². The Hall–Kier alpha value is -1.86. The normalized spacial score (nSPS) is 17.9. The molecule has 0 radical (unpaired) electrons. The molecule has 100 valence electrons. The molecule has 4 nitrogen and oxygen atoms in total. The summed E-state index contributed by atoms with van der Waals surface area (Å²) in [6.45, 7) is 7.68. The van der Waals surface area contributed by atoms with Crippen LogP contribution in [0.3, 0.4) is 0 Å². The number of hydrogen-bond donors (Lipinski definition) is 0. The van der Waals surface area contributed by atoms with Gasteiger partial charge in [-0.05, 0) is 39.0 Å². The van der Waals surface area contributed by atoms with Crippen molar-refractivity contribution in [1.29, 1.82) is 5.26 Å². The van der Waals surface area contributed by atoms with E-state index in [-0.39, 0.29) is 11.3 Å². The fourth-order valence-corrected chi connectivity index (χ4v) is 2.43. The second kappa shape index (κ2) is 5.02. The maximum Gasteiger partial charge on any atom is 0.161 e. The lowest BCUT2D eigenvalue weighted by Gasteiger charge is -2.44. The van der Waals surface area contributed by atoms with Crippen molar-refractivity contribution in [3.05, 3.63) is 29.3 Å². The average Bonchev–Trinajstić information content (AvgIpc) is 2.37. The number of ether oxygens (including phenoxy) is 1. The third-order valence-corrected chi connectivity index (χ3v) is 3.44. The molecule has 1 aliphatic rings. The summed E-state index contributed by atoms with van der Waals surface area (Å²) in [4.78, 5) is 13.9. The summed E-state index contributed by atoms with van der Waals surface area (Å²) in [5.74, 6) is 0.0155. The zero-order valence-electron chi connectivity index (χ0n) is 11.6. The molecule has 0 bridgehead atoms. The van der Waals surface area contributed by atoms with E-state index in [1.807, 2.05) is 0 Å². The van der Waals surface area contributed by atoms with Crippen LogP contribution >= 0.6 is 0 Å². The van der Waals surface area contributed by atoms with E-state index in [9.17, 15) is 4.79 Å². The third-order valence-electron chi connectivity index (χ3n) is 3.44. The molecule has 0 N–H and O–H groups in total. The smallest absolute Gasteiger partial charge is 0.161 e. The number of Topliss-reactive ketones (excluding diaryl/α,β-unsaturated/α-hetero) is 1. The van der Waals surface area contributed by atoms with Crippen LogP contribution in [0.15, 0.2) is 18.2 Å². The lowest BCUT2D eigenvalue weighted by molar-refractivity contribution is 0.0642. The molecule has 1 saturated heterocycles. The largest absolute Gasteiger partial charge is 0.377 e. The first-order valence-electron chi connectivity index (χ1n) is 6.36. The number of rotatable bonds is 2. The second-order valence-electron chi connectivity index (χ2n) is 5.42. The van der Waals surface area contributed by atoms with Gasteiger partial charge in [0.05, 0.1) is 30.4 Å². The first-order chi connectivity index (χ1) is 8.95. The van der Waals surface area contributed by atoms with Gasteiger partial charge in [0.15, 0.2) is 5.78 Å². The topological polar surface area (TPSA) is 53.3 Å². The van der Waals surface area contributed by atoms with E-state index in [1.165, 1.54) is 0 Å². The monoisotopic (exact) mass is 258 g/mol. The number of hydrogen-bond acceptors (Lipinski definition) is 4. The van der Waals surface area contributed by atoms with Gasteiger partial charge in [-0.1, -0.05) is 0 Å². The van der Waals surface area contributed by atoms with E-state index in [1.54, 1.807) is 25.1 Å². The van der Waals surface area contributed by atoms with Gasteiger partial charge in [-0.2, -0.15) is 5.26 Å². The summed E-state index contributed by atoms with van der Waals surface area (Å²) in [6.07, 6.45) is 0. The predicted molar refractivity (Wildman–Crippen MR) is 73.4 cm³/mol. The van der Waals surface area contributed by atoms with Gasteiger partial charge in [-0.15, -0.1) is 0 Å². The summed E-state index contributed by atoms with van der Waals surface area (Å²) < 4.78 is 5.50. The molecule has 1 fully saturated rings. The number of benzene rings is 1. The standard InChI is InChI=1S/C15H18N2O2/c1-11(18)13-5-4-12(9-16)8-14(13)17-6-7-19-10-15(17,2)3/h4-5,8H,6-7,10H2,1-3H3. The van der Waals surface area contributed by atoms with Crippen LogP contribution in [0.1, 0.15) is 36.7 Å². The second-order valence-corrected chi connectivity index (χ2v) is 5.42. The summed E-state index contributed by atoms with van der Waals surface area (Å²) in [6, 6.07) is 7.35. The van der Waals surface area contributed by atoms with Crippen LogP contribution in [0.25, 0.3) is 0 Å². The van der Waals surface area contributed by atoms with Gasteiger partial charge in [-0.3, -0.25) is 4.79 Å². The number of morpholine rings is 1. The highest BCUT2D eigenvalue weighted by Gasteiger charge is 2.32. The Bertz CT molecular complexity index is 544. The zero-order chi connectivity index (χ0) is 14.0. The van der Waals surface area contributed by atoms with Crippen molar-refractivity contribution in [2.75, 3.05) is 24.7 Å². The maximum atomic E-state index is 11.8. The number of nitriles is 1. The summed E-state index contributed by atoms with van der Waals surface area (Å²) in [5, 5.41) is 9.04. The fourth-order valence-electron chi connectivity index (χ4n) is 2.43. The van der Waals surface area contributed by atoms with Crippen LogP contribution in [0.5, 0.6) is 0 Å². The third kappa shape index (κ3) is 2.61. The molecule has 1 aromatic rings. The van der Waals surface area contributed by atoms with Crippen molar-refractivity contribution < 1.29 is 9.53 Å². The van der Waals surface area contributed by atoms with E-state index in [0.29, 0.717) is 24.3 Å². The molecule has 0 aromatic heterocycles. The molecule has 0 spiro atoms. The van der Waals surface area contributed by atoms with Crippen molar-refractivity contribution in [3.8, 4) is 6.07 Å². The van der Waals surface area contributed by atoms with Gasteiger partial charge < -0.3 is 9.64 Å². The molecule has 0 saturated carbocycles. The van der Waals surface area contributed by atoms with Gasteiger partial charge in [0.25, 0.3) is 0 Å². The lowest BCUT2D eigenvalue weighted by Crippen LogP contribution is -2.53. The number of carbonyl (C=O) groups excluding carboxylic acids is 1. The Morgan fingerprint density at radius 1 is 1.47 bits per heavy atom.